The van der Waals surface area contributed by atoms with Crippen LogP contribution in [0.15, 0.2) is 99.1 Å². The van der Waals surface area contributed by atoms with Gasteiger partial charge in [0.05, 0.1) is 16.1 Å². The number of primary sulfonamides is 1. The van der Waals surface area contributed by atoms with Crippen LogP contribution in [0.1, 0.15) is 22.3 Å². The number of carboxylic acid groups (broad SMARTS) is 1. The third-order valence-electron chi connectivity index (χ3n) is 5.40. The van der Waals surface area contributed by atoms with E-state index in [0.29, 0.717) is 10.6 Å². The molecule has 14 heteroatoms. The molecular weight excluding hydrogens is 528 g/mol. The van der Waals surface area contributed by atoms with Crippen molar-refractivity contribution in [3.05, 3.63) is 90.0 Å². The monoisotopic (exact) mass is 548 g/mol. The Kier molecular flexibility index (Phi) is 7.69. The van der Waals surface area contributed by atoms with E-state index in [-0.39, 0.29) is 27.5 Å². The van der Waals surface area contributed by atoms with Gasteiger partial charge in [0.15, 0.2) is 6.04 Å². The molecule has 0 spiro atoms. The highest BCUT2D eigenvalue weighted by Gasteiger charge is 2.40. The summed E-state index contributed by atoms with van der Waals surface area (Å²) in [5, 5.41) is 29.2. The molecule has 198 valence electrons. The van der Waals surface area contributed by atoms with E-state index in [1.807, 2.05) is 0 Å². The zero-order valence-corrected chi connectivity index (χ0v) is 20.8. The van der Waals surface area contributed by atoms with Crippen LogP contribution in [-0.2, 0) is 24.4 Å². The fourth-order valence-electron chi connectivity index (χ4n) is 3.49. The number of carbonyl (C=O) groups excluding carboxylic acids is 3. The molecule has 0 saturated carbocycles. The van der Waals surface area contributed by atoms with Gasteiger partial charge in [0.25, 0.3) is 11.8 Å². The van der Waals surface area contributed by atoms with Crippen LogP contribution in [0.25, 0.3) is 0 Å². The summed E-state index contributed by atoms with van der Waals surface area (Å²) in [4.78, 5) is 49.2. The van der Waals surface area contributed by atoms with Gasteiger partial charge >= 0.3 is 5.97 Å². The number of sulfonamides is 1. The first-order chi connectivity index (χ1) is 18.5. The third-order valence-corrected chi connectivity index (χ3v) is 6.33. The van der Waals surface area contributed by atoms with E-state index >= 15 is 0 Å². The van der Waals surface area contributed by atoms with Crippen molar-refractivity contribution in [3.8, 4) is 0 Å². The van der Waals surface area contributed by atoms with Crippen molar-refractivity contribution >= 4 is 50.8 Å². The number of aromatic carboxylic acids is 1. The number of carboxylic acids is 1. The first-order valence-corrected chi connectivity index (χ1v) is 12.8. The highest BCUT2D eigenvalue weighted by Crippen LogP contribution is 2.23. The second kappa shape index (κ2) is 11.1. The third kappa shape index (κ3) is 6.44. The molecule has 0 fully saturated rings. The van der Waals surface area contributed by atoms with Crippen LogP contribution in [0.3, 0.4) is 0 Å². The minimum atomic E-state index is -3.90. The van der Waals surface area contributed by atoms with Gasteiger partial charge in [0, 0.05) is 11.3 Å². The van der Waals surface area contributed by atoms with E-state index in [4.69, 9.17) is 10.2 Å². The molecule has 3 aromatic carbocycles. The average molecular weight is 549 g/mol. The number of hydrogen-bond donors (Lipinski definition) is 3. The van der Waals surface area contributed by atoms with Gasteiger partial charge in [-0.1, -0.05) is 30.3 Å². The summed E-state index contributed by atoms with van der Waals surface area (Å²) in [6, 6.07) is 17.6. The number of anilines is 1. The van der Waals surface area contributed by atoms with Gasteiger partial charge in [-0.15, -0.1) is 0 Å². The summed E-state index contributed by atoms with van der Waals surface area (Å²) in [6.45, 7) is 0. The maximum absolute atomic E-state index is 13.1. The summed E-state index contributed by atoms with van der Waals surface area (Å²) in [6.07, 6.45) is -0.725. The summed E-state index contributed by atoms with van der Waals surface area (Å²) < 4.78 is 22.9. The van der Waals surface area contributed by atoms with Gasteiger partial charge in [0.2, 0.25) is 15.9 Å². The van der Waals surface area contributed by atoms with Crippen LogP contribution in [0.2, 0.25) is 0 Å². The zero-order valence-electron chi connectivity index (χ0n) is 20.0. The number of hydrogen-bond acceptors (Lipinski definition) is 9. The van der Waals surface area contributed by atoms with Crippen molar-refractivity contribution in [2.45, 2.75) is 17.4 Å². The lowest BCUT2D eigenvalue weighted by Crippen LogP contribution is -2.36. The quantitative estimate of drug-likeness (QED) is 0.283. The molecule has 0 aliphatic carbocycles. The Hall–Kier alpha value is -5.08. The van der Waals surface area contributed by atoms with Crippen molar-refractivity contribution in [2.24, 2.45) is 20.5 Å². The van der Waals surface area contributed by atoms with Gasteiger partial charge in [-0.25, -0.2) is 18.4 Å². The lowest BCUT2D eigenvalue weighted by molar-refractivity contribution is -0.144. The van der Waals surface area contributed by atoms with Crippen LogP contribution < -0.4 is 10.5 Å². The number of hydrazone groups is 1. The Balaban J connectivity index is 1.52. The predicted octanol–water partition coefficient (Wildman–Crippen LogP) is 2.29. The van der Waals surface area contributed by atoms with Gasteiger partial charge < -0.3 is 10.4 Å². The molecule has 1 aliphatic heterocycles. The number of rotatable bonds is 8. The highest BCUT2D eigenvalue weighted by molar-refractivity contribution is 7.89. The summed E-state index contributed by atoms with van der Waals surface area (Å²) >= 11 is 0. The average Bonchev–Trinajstić information content (AvgIpc) is 3.24. The van der Waals surface area contributed by atoms with E-state index in [1.165, 1.54) is 48.5 Å². The van der Waals surface area contributed by atoms with Crippen LogP contribution in [0, 0.1) is 0 Å². The fraction of sp³-hybridized carbons (Fsp3) is 0.0800. The van der Waals surface area contributed by atoms with Gasteiger partial charge in [-0.2, -0.15) is 20.3 Å². The Bertz CT molecular complexity index is 1600. The highest BCUT2D eigenvalue weighted by atomic mass is 32.2. The van der Waals surface area contributed by atoms with Crippen LogP contribution in [0.5, 0.6) is 0 Å². The van der Waals surface area contributed by atoms with Gasteiger partial charge in [0.1, 0.15) is 12.1 Å². The van der Waals surface area contributed by atoms with Crippen LogP contribution in [0.4, 0.5) is 11.4 Å². The van der Waals surface area contributed by atoms with Crippen molar-refractivity contribution in [1.82, 2.24) is 5.01 Å². The Morgan fingerprint density at radius 1 is 0.974 bits per heavy atom. The molecule has 0 radical (unpaired) electrons. The number of nitrogens with one attached hydrogen (secondary N) is 1. The molecule has 0 aromatic heterocycles. The molecule has 0 bridgehead atoms. The predicted molar refractivity (Wildman–Crippen MR) is 138 cm³/mol. The molecule has 1 atom stereocenters. The van der Waals surface area contributed by atoms with E-state index in [2.05, 4.69) is 20.6 Å². The molecule has 39 heavy (non-hydrogen) atoms. The fourth-order valence-corrected chi connectivity index (χ4v) is 4.01. The number of carbonyl (C=O) groups is 4. The Labute approximate surface area is 221 Å². The van der Waals surface area contributed by atoms with Crippen molar-refractivity contribution in [3.63, 3.8) is 0 Å². The van der Waals surface area contributed by atoms with E-state index in [1.54, 1.807) is 30.3 Å². The topological polar surface area (TPSA) is 201 Å². The molecule has 3 amide bonds. The number of nitrogens with zero attached hydrogens (tertiary/aromatic N) is 4. The summed E-state index contributed by atoms with van der Waals surface area (Å²) in [5.74, 6) is -3.62. The minimum Gasteiger partial charge on any atom is -0.478 e. The largest absolute Gasteiger partial charge is 0.478 e. The molecule has 1 unspecified atom stereocenters. The Morgan fingerprint density at radius 2 is 1.62 bits per heavy atom. The van der Waals surface area contributed by atoms with Crippen molar-refractivity contribution in [1.29, 1.82) is 0 Å². The first kappa shape index (κ1) is 27.0. The molecule has 13 nitrogen and oxygen atoms in total. The molecule has 3 aromatic rings. The van der Waals surface area contributed by atoms with Crippen molar-refractivity contribution in [2.75, 3.05) is 5.32 Å². The SMILES string of the molecule is NS(=O)(=O)c1ccc(N=NC2C(=O)N(C(=O)CC(=O)Nc3ccc(C(=O)O)cc3)N=C2c2ccccc2)cc1. The first-order valence-electron chi connectivity index (χ1n) is 11.2. The number of benzene rings is 3. The van der Waals surface area contributed by atoms with E-state index < -0.39 is 46.2 Å². The van der Waals surface area contributed by atoms with Gasteiger partial charge in [-0.05, 0) is 48.5 Å². The maximum Gasteiger partial charge on any atom is 0.335 e. The van der Waals surface area contributed by atoms with Crippen LogP contribution in [-0.4, -0.2) is 54.0 Å². The van der Waals surface area contributed by atoms with E-state index in [0.717, 1.165) is 0 Å². The maximum atomic E-state index is 13.1. The number of nitrogens with two attached hydrogens (primary N) is 1. The van der Waals surface area contributed by atoms with E-state index in [9.17, 15) is 27.6 Å². The minimum absolute atomic E-state index is 0.0232. The number of azo groups is 1. The van der Waals surface area contributed by atoms with Crippen molar-refractivity contribution < 1.29 is 32.7 Å². The molecule has 4 rings (SSSR count). The normalized spacial score (nSPS) is 15.3. The van der Waals surface area contributed by atoms with Crippen LogP contribution >= 0.6 is 0 Å². The number of imide groups is 1. The second-order valence-corrected chi connectivity index (χ2v) is 9.72. The lowest BCUT2D eigenvalue weighted by Gasteiger charge is -2.11. The summed E-state index contributed by atoms with van der Waals surface area (Å²) in [7, 11) is -3.90. The second-order valence-electron chi connectivity index (χ2n) is 8.16. The molecular formula is C25H20N6O7S. The number of amides is 3. The zero-order chi connectivity index (χ0) is 28.2. The lowest BCUT2D eigenvalue weighted by atomic mass is 10.0. The molecule has 1 aliphatic rings. The molecule has 4 N–H and O–H groups in total. The summed E-state index contributed by atoms with van der Waals surface area (Å²) in [5.41, 5.74) is 1.14. The molecule has 0 saturated heterocycles. The Morgan fingerprint density at radius 3 is 2.21 bits per heavy atom. The standard InChI is InChI=1S/C25H20N6O7S/c26-39(37,38)19-12-10-18(11-13-19)28-29-23-22(15-4-2-1-3-5-15)30-31(24(23)34)21(33)14-20(32)27-17-8-6-16(7-9-17)25(35)36/h1-13,23H,14H2,(H,27,32)(H,35,36)(H2,26,37,38). The van der Waals surface area contributed by atoms with Gasteiger partial charge in [-0.3, -0.25) is 14.4 Å². The molecule has 1 heterocycles. The smallest absolute Gasteiger partial charge is 0.335 e.